The third kappa shape index (κ3) is 3.16. The summed E-state index contributed by atoms with van der Waals surface area (Å²) in [6.45, 7) is 2.08. The van der Waals surface area contributed by atoms with Crippen LogP contribution in [0.3, 0.4) is 0 Å². The van der Waals surface area contributed by atoms with Gasteiger partial charge in [0.2, 0.25) is 5.36 Å². The highest BCUT2D eigenvalue weighted by Crippen LogP contribution is 2.43. The van der Waals surface area contributed by atoms with Gasteiger partial charge in [-0.25, -0.2) is 4.58 Å². The number of nitrogen functional groups attached to an aromatic ring is 1. The standard InChI is InChI=1S/C25H28N4O/c1-15-18(11-12-21(27-2)25(15)26)24-19-9-7-16(28(3)4)13-22(19)30-23-14-17(29(5)6)8-10-20(23)24/h7-14H,26H2,1-6H3/p+1. The molecule has 1 heterocycles. The van der Waals surface area contributed by atoms with Crippen LogP contribution in [0.2, 0.25) is 0 Å². The van der Waals surface area contributed by atoms with Crippen molar-refractivity contribution in [1.29, 1.82) is 0 Å². The van der Waals surface area contributed by atoms with E-state index in [4.69, 9.17) is 10.2 Å². The van der Waals surface area contributed by atoms with Crippen molar-refractivity contribution in [2.45, 2.75) is 6.92 Å². The van der Waals surface area contributed by atoms with Gasteiger partial charge in [-0.15, -0.1) is 0 Å². The summed E-state index contributed by atoms with van der Waals surface area (Å²) in [7, 11) is 10.0. The fourth-order valence-corrected chi connectivity index (χ4v) is 3.93. The number of anilines is 3. The zero-order chi connectivity index (χ0) is 21.6. The van der Waals surface area contributed by atoms with E-state index < -0.39 is 0 Å². The Hall–Kier alpha value is -3.47. The molecule has 2 aromatic rings. The smallest absolute Gasteiger partial charge is 0.203 e. The van der Waals surface area contributed by atoms with Crippen LogP contribution < -0.4 is 25.9 Å². The zero-order valence-corrected chi connectivity index (χ0v) is 18.5. The predicted molar refractivity (Wildman–Crippen MR) is 128 cm³/mol. The molecule has 3 N–H and O–H groups in total. The maximum atomic E-state index is 6.45. The first-order chi connectivity index (χ1) is 14.3. The molecule has 0 atom stereocenters. The van der Waals surface area contributed by atoms with E-state index in [2.05, 4.69) is 64.2 Å². The summed E-state index contributed by atoms with van der Waals surface area (Å²) in [5, 5.41) is 5.35. The van der Waals surface area contributed by atoms with Crippen molar-refractivity contribution in [3.05, 3.63) is 59.5 Å². The number of rotatable bonds is 3. The molecule has 2 aliphatic rings. The zero-order valence-electron chi connectivity index (χ0n) is 18.5. The van der Waals surface area contributed by atoms with Crippen molar-refractivity contribution < 1.29 is 4.42 Å². The monoisotopic (exact) mass is 401 g/mol. The molecular weight excluding hydrogens is 372 g/mol. The van der Waals surface area contributed by atoms with Gasteiger partial charge >= 0.3 is 0 Å². The lowest BCUT2D eigenvalue weighted by atomic mass is 9.90. The molecule has 1 aliphatic heterocycles. The molecule has 154 valence electrons. The molecule has 30 heavy (non-hydrogen) atoms. The third-order valence-corrected chi connectivity index (χ3v) is 5.78. The molecule has 0 amide bonds. The lowest BCUT2D eigenvalue weighted by molar-refractivity contribution is 0.617. The third-order valence-electron chi connectivity index (χ3n) is 5.78. The number of nitrogens with one attached hydrogen (secondary N) is 1. The second kappa shape index (κ2) is 7.41. The first kappa shape index (κ1) is 19.8. The SMILES string of the molecule is CNc1ccc(-c2c3ccc(=[N+](C)C)cc-3oc3cc(N(C)C)ccc23)c(C)c1N. The summed E-state index contributed by atoms with van der Waals surface area (Å²) in [5.74, 6) is 0.857. The lowest BCUT2D eigenvalue weighted by Gasteiger charge is -2.20. The Bertz CT molecular complexity index is 1300. The predicted octanol–water partition coefficient (Wildman–Crippen LogP) is 4.23. The average molecular weight is 402 g/mol. The summed E-state index contributed by atoms with van der Waals surface area (Å²) in [6.07, 6.45) is 0. The molecule has 0 spiro atoms. The molecule has 0 radical (unpaired) electrons. The fourth-order valence-electron chi connectivity index (χ4n) is 3.93. The second-order valence-electron chi connectivity index (χ2n) is 8.08. The molecule has 0 fully saturated rings. The first-order valence-electron chi connectivity index (χ1n) is 10.1. The second-order valence-corrected chi connectivity index (χ2v) is 8.08. The van der Waals surface area contributed by atoms with Gasteiger partial charge in [-0.1, -0.05) is 6.07 Å². The van der Waals surface area contributed by atoms with Crippen LogP contribution in [0.25, 0.3) is 33.4 Å². The number of hydrogen-bond donors (Lipinski definition) is 2. The summed E-state index contributed by atoms with van der Waals surface area (Å²) in [5.41, 5.74) is 14.5. The van der Waals surface area contributed by atoms with Crippen LogP contribution >= 0.6 is 0 Å². The molecule has 5 nitrogen and oxygen atoms in total. The summed E-state index contributed by atoms with van der Waals surface area (Å²) in [4.78, 5) is 2.08. The number of hydrogen-bond acceptors (Lipinski definition) is 4. The maximum absolute atomic E-state index is 6.45. The minimum absolute atomic E-state index is 0.770. The Morgan fingerprint density at radius 1 is 0.967 bits per heavy atom. The highest BCUT2D eigenvalue weighted by molar-refractivity contribution is 6.04. The van der Waals surface area contributed by atoms with Crippen LogP contribution in [0.4, 0.5) is 17.1 Å². The Morgan fingerprint density at radius 3 is 2.37 bits per heavy atom. The van der Waals surface area contributed by atoms with Crippen molar-refractivity contribution in [2.75, 3.05) is 51.2 Å². The van der Waals surface area contributed by atoms with E-state index in [0.717, 1.165) is 61.4 Å². The summed E-state index contributed by atoms with van der Waals surface area (Å²) >= 11 is 0. The van der Waals surface area contributed by atoms with Crippen molar-refractivity contribution in [2.24, 2.45) is 0 Å². The topological polar surface area (TPSA) is 57.4 Å². The molecule has 2 aromatic carbocycles. The summed E-state index contributed by atoms with van der Waals surface area (Å²) < 4.78 is 8.49. The van der Waals surface area contributed by atoms with Gasteiger partial charge in [0.1, 0.15) is 25.4 Å². The number of nitrogens with zero attached hydrogens (tertiary/aromatic N) is 2. The van der Waals surface area contributed by atoms with E-state index in [1.807, 2.05) is 41.3 Å². The molecule has 5 heteroatoms. The molecule has 1 aliphatic carbocycles. The van der Waals surface area contributed by atoms with Gasteiger partial charge in [0.05, 0.1) is 17.4 Å². The molecule has 0 bridgehead atoms. The molecule has 0 aromatic heterocycles. The van der Waals surface area contributed by atoms with E-state index in [-0.39, 0.29) is 0 Å². The van der Waals surface area contributed by atoms with Gasteiger partial charge < -0.3 is 20.4 Å². The van der Waals surface area contributed by atoms with Crippen LogP contribution in [0.15, 0.2) is 52.9 Å². The number of benzene rings is 3. The molecule has 0 saturated heterocycles. The molecule has 4 rings (SSSR count). The van der Waals surface area contributed by atoms with Crippen molar-refractivity contribution in [3.63, 3.8) is 0 Å². The van der Waals surface area contributed by atoms with E-state index in [1.165, 1.54) is 0 Å². The molecule has 0 unspecified atom stereocenters. The first-order valence-corrected chi connectivity index (χ1v) is 10.1. The molecule has 0 saturated carbocycles. The van der Waals surface area contributed by atoms with E-state index in [0.29, 0.717) is 0 Å². The van der Waals surface area contributed by atoms with E-state index in [9.17, 15) is 0 Å². The van der Waals surface area contributed by atoms with Crippen LogP contribution in [0.1, 0.15) is 5.56 Å². The van der Waals surface area contributed by atoms with Crippen molar-refractivity contribution in [1.82, 2.24) is 4.58 Å². The van der Waals surface area contributed by atoms with E-state index >= 15 is 0 Å². The maximum Gasteiger partial charge on any atom is 0.203 e. The minimum Gasteiger partial charge on any atom is -0.456 e. The van der Waals surface area contributed by atoms with E-state index in [1.54, 1.807) is 0 Å². The Labute approximate surface area is 177 Å². The average Bonchev–Trinajstić information content (AvgIpc) is 2.73. The highest BCUT2D eigenvalue weighted by Gasteiger charge is 2.20. The normalized spacial score (nSPS) is 11.1. The molecular formula is C25H29N4O+. The van der Waals surface area contributed by atoms with Crippen LogP contribution in [-0.4, -0.2) is 35.2 Å². The largest absolute Gasteiger partial charge is 0.456 e. The van der Waals surface area contributed by atoms with Crippen LogP contribution in [0.5, 0.6) is 0 Å². The lowest BCUT2D eigenvalue weighted by Crippen LogP contribution is -2.21. The number of nitrogens with two attached hydrogens (primary N) is 1. The van der Waals surface area contributed by atoms with Crippen molar-refractivity contribution in [3.8, 4) is 22.5 Å². The minimum atomic E-state index is 0.770. The quantitative estimate of drug-likeness (QED) is 0.306. The van der Waals surface area contributed by atoms with Gasteiger partial charge in [0, 0.05) is 55.5 Å². The summed E-state index contributed by atoms with van der Waals surface area (Å²) in [6, 6.07) is 16.9. The van der Waals surface area contributed by atoms with Crippen LogP contribution in [0, 0.1) is 6.92 Å². The highest BCUT2D eigenvalue weighted by atomic mass is 16.3. The van der Waals surface area contributed by atoms with Gasteiger partial charge in [-0.05, 0) is 42.3 Å². The Balaban J connectivity index is 2.16. The number of fused-ring (bicyclic) bond motifs is 2. The Morgan fingerprint density at radius 2 is 1.70 bits per heavy atom. The van der Waals surface area contributed by atoms with Gasteiger partial charge in [-0.2, -0.15) is 0 Å². The van der Waals surface area contributed by atoms with Gasteiger partial charge in [-0.3, -0.25) is 0 Å². The van der Waals surface area contributed by atoms with Crippen molar-refractivity contribution >= 4 is 28.0 Å². The van der Waals surface area contributed by atoms with Gasteiger partial charge in [0.25, 0.3) is 0 Å². The fraction of sp³-hybridized carbons (Fsp3) is 0.240. The van der Waals surface area contributed by atoms with Crippen LogP contribution in [-0.2, 0) is 0 Å². The van der Waals surface area contributed by atoms with Gasteiger partial charge in [0.15, 0.2) is 0 Å². The Kier molecular flexibility index (Phi) is 4.90.